The zero-order valence-corrected chi connectivity index (χ0v) is 21.6. The van der Waals surface area contributed by atoms with Crippen LogP contribution < -0.4 is 21.6 Å². The molecule has 0 saturated heterocycles. The van der Waals surface area contributed by atoms with Gasteiger partial charge in [0.15, 0.2) is 0 Å². The van der Waals surface area contributed by atoms with Crippen LogP contribution in [0, 0.1) is 0 Å². The molecule has 0 atom stereocenters. The number of hydrogen-bond donors (Lipinski definition) is 3. The van der Waals surface area contributed by atoms with Crippen LogP contribution in [0.1, 0.15) is 11.4 Å². The first-order valence-electron chi connectivity index (χ1n) is 11.9. The van der Waals surface area contributed by atoms with E-state index < -0.39 is 0 Å². The second-order valence-electron chi connectivity index (χ2n) is 8.49. The molecule has 5 rings (SSSR count). The maximum Gasteiger partial charge on any atom is 0.279 e. The average molecular weight is 544 g/mol. The Kier molecular flexibility index (Phi) is 7.58. The van der Waals surface area contributed by atoms with Gasteiger partial charge in [-0.25, -0.2) is 9.66 Å². The normalized spacial score (nSPS) is 10.8. The second kappa shape index (κ2) is 11.4. The van der Waals surface area contributed by atoms with Crippen molar-refractivity contribution in [3.05, 3.63) is 129 Å². The summed E-state index contributed by atoms with van der Waals surface area (Å²) in [4.78, 5) is 30.8. The number of para-hydroxylation sites is 4. The summed E-state index contributed by atoms with van der Waals surface area (Å²) >= 11 is 12.8. The second-order valence-corrected chi connectivity index (χ2v) is 9.30. The zero-order chi connectivity index (χ0) is 26.5. The van der Waals surface area contributed by atoms with E-state index in [1.807, 2.05) is 48.5 Å². The quantitative estimate of drug-likeness (QED) is 0.216. The monoisotopic (exact) mass is 543 g/mol. The maximum absolute atomic E-state index is 13.5. The summed E-state index contributed by atoms with van der Waals surface area (Å²) in [5.74, 6) is 0.151. The minimum Gasteiger partial charge on any atom is -0.353 e. The fourth-order valence-corrected chi connectivity index (χ4v) is 4.55. The molecule has 0 radical (unpaired) electrons. The Morgan fingerprint density at radius 1 is 0.816 bits per heavy atom. The van der Waals surface area contributed by atoms with Crippen molar-refractivity contribution >= 4 is 57.1 Å². The molecule has 0 saturated carbocycles. The number of halogens is 2. The molecule has 0 spiro atoms. The number of carbonyl (C=O) groups is 1. The van der Waals surface area contributed by atoms with Gasteiger partial charge in [0.2, 0.25) is 5.91 Å². The van der Waals surface area contributed by atoms with Crippen LogP contribution in [0.25, 0.3) is 10.9 Å². The lowest BCUT2D eigenvalue weighted by atomic mass is 10.1. The Labute approximate surface area is 229 Å². The third-order valence-electron chi connectivity index (χ3n) is 5.89. The number of carbonyl (C=O) groups excluding carboxylic acids is 1. The average Bonchev–Trinajstić information content (AvgIpc) is 2.92. The number of aromatic nitrogens is 2. The van der Waals surface area contributed by atoms with Crippen molar-refractivity contribution < 1.29 is 4.79 Å². The Morgan fingerprint density at radius 3 is 2.29 bits per heavy atom. The predicted octanol–water partition coefficient (Wildman–Crippen LogP) is 6.22. The molecular weight excluding hydrogens is 521 g/mol. The summed E-state index contributed by atoms with van der Waals surface area (Å²) in [6, 6.07) is 29.2. The van der Waals surface area contributed by atoms with Crippen LogP contribution in [0.4, 0.5) is 17.1 Å². The van der Waals surface area contributed by atoms with E-state index in [-0.39, 0.29) is 18.0 Å². The van der Waals surface area contributed by atoms with Crippen molar-refractivity contribution in [3.63, 3.8) is 0 Å². The van der Waals surface area contributed by atoms with Gasteiger partial charge in [-0.2, -0.15) is 0 Å². The highest BCUT2D eigenvalue weighted by Gasteiger charge is 2.15. The fraction of sp³-hybridized carbons (Fsp3) is 0.0690. The van der Waals surface area contributed by atoms with Crippen LogP contribution in [0.2, 0.25) is 10.0 Å². The minimum absolute atomic E-state index is 0.128. The van der Waals surface area contributed by atoms with Crippen LogP contribution in [-0.2, 0) is 11.2 Å². The molecule has 0 aliphatic carbocycles. The van der Waals surface area contributed by atoms with E-state index in [0.717, 1.165) is 11.3 Å². The molecule has 0 aliphatic rings. The molecule has 38 heavy (non-hydrogen) atoms. The van der Waals surface area contributed by atoms with Crippen molar-refractivity contribution in [3.8, 4) is 0 Å². The number of amides is 1. The molecule has 0 bridgehead atoms. The third kappa shape index (κ3) is 5.64. The number of benzene rings is 4. The van der Waals surface area contributed by atoms with Crippen LogP contribution >= 0.6 is 23.2 Å². The van der Waals surface area contributed by atoms with E-state index in [0.29, 0.717) is 44.6 Å². The highest BCUT2D eigenvalue weighted by Crippen LogP contribution is 2.34. The van der Waals surface area contributed by atoms with Crippen molar-refractivity contribution in [2.24, 2.45) is 0 Å². The molecule has 1 heterocycles. The SMILES string of the molecule is O=C(CNn1c(Cc2ccccc2Nc2c(Cl)cccc2Cl)nc2ccccc2c1=O)Nc1ccccc1. The summed E-state index contributed by atoms with van der Waals surface area (Å²) in [7, 11) is 0. The molecule has 0 fully saturated rings. The molecule has 1 amide bonds. The number of nitrogens with zero attached hydrogens (tertiary/aromatic N) is 2. The highest BCUT2D eigenvalue weighted by atomic mass is 35.5. The summed E-state index contributed by atoms with van der Waals surface area (Å²) in [6.07, 6.45) is 0.290. The molecule has 0 aliphatic heterocycles. The molecule has 1 aromatic heterocycles. The van der Waals surface area contributed by atoms with Crippen LogP contribution in [-0.4, -0.2) is 22.1 Å². The van der Waals surface area contributed by atoms with E-state index in [1.165, 1.54) is 4.68 Å². The number of anilines is 3. The Hall–Kier alpha value is -4.33. The van der Waals surface area contributed by atoms with E-state index in [9.17, 15) is 9.59 Å². The van der Waals surface area contributed by atoms with E-state index in [1.54, 1.807) is 48.5 Å². The van der Waals surface area contributed by atoms with Gasteiger partial charge in [0.1, 0.15) is 12.4 Å². The van der Waals surface area contributed by atoms with Gasteiger partial charge in [-0.15, -0.1) is 0 Å². The standard InChI is InChI=1S/C29H23Cl2N5O2/c30-22-13-8-14-23(31)28(22)35-24-15-6-4-9-19(24)17-26-34-25-16-7-5-12-21(25)29(38)36(26)32-18-27(37)33-20-10-2-1-3-11-20/h1-16,32,35H,17-18H2,(H,33,37). The van der Waals surface area contributed by atoms with Gasteiger partial charge < -0.3 is 16.1 Å². The minimum atomic E-state index is -0.294. The number of hydrogen-bond acceptors (Lipinski definition) is 5. The molecule has 7 nitrogen and oxygen atoms in total. The van der Waals surface area contributed by atoms with Crippen molar-refractivity contribution in [1.82, 2.24) is 9.66 Å². The lowest BCUT2D eigenvalue weighted by Gasteiger charge is -2.18. The lowest BCUT2D eigenvalue weighted by molar-refractivity contribution is -0.114. The summed E-state index contributed by atoms with van der Waals surface area (Å²) < 4.78 is 1.34. The summed E-state index contributed by atoms with van der Waals surface area (Å²) in [5, 5.41) is 7.54. The van der Waals surface area contributed by atoms with Crippen molar-refractivity contribution in [2.45, 2.75) is 6.42 Å². The van der Waals surface area contributed by atoms with Gasteiger partial charge in [0.05, 0.1) is 26.6 Å². The van der Waals surface area contributed by atoms with Crippen molar-refractivity contribution in [2.75, 3.05) is 22.6 Å². The van der Waals surface area contributed by atoms with Crippen molar-refractivity contribution in [1.29, 1.82) is 0 Å². The van der Waals surface area contributed by atoms with E-state index in [2.05, 4.69) is 16.1 Å². The van der Waals surface area contributed by atoms with Crippen LogP contribution in [0.3, 0.4) is 0 Å². The number of fused-ring (bicyclic) bond motifs is 1. The van der Waals surface area contributed by atoms with Gasteiger partial charge in [-0.05, 0) is 48.0 Å². The molecule has 9 heteroatoms. The first-order valence-corrected chi connectivity index (χ1v) is 12.6. The predicted molar refractivity (Wildman–Crippen MR) is 154 cm³/mol. The lowest BCUT2D eigenvalue weighted by Crippen LogP contribution is -2.37. The van der Waals surface area contributed by atoms with Crippen LogP contribution in [0.5, 0.6) is 0 Å². The van der Waals surface area contributed by atoms with Gasteiger partial charge in [-0.3, -0.25) is 9.59 Å². The zero-order valence-electron chi connectivity index (χ0n) is 20.1. The largest absolute Gasteiger partial charge is 0.353 e. The molecule has 4 aromatic carbocycles. The number of rotatable bonds is 8. The fourth-order valence-electron chi connectivity index (χ4n) is 4.06. The van der Waals surface area contributed by atoms with Crippen LogP contribution in [0.15, 0.2) is 102 Å². The molecule has 0 unspecified atom stereocenters. The van der Waals surface area contributed by atoms with Gasteiger partial charge in [-0.1, -0.05) is 77.8 Å². The molecule has 190 valence electrons. The van der Waals surface area contributed by atoms with E-state index >= 15 is 0 Å². The van der Waals surface area contributed by atoms with Gasteiger partial charge in [0.25, 0.3) is 5.56 Å². The van der Waals surface area contributed by atoms with Gasteiger partial charge in [0, 0.05) is 17.8 Å². The number of nitrogens with one attached hydrogen (secondary N) is 3. The summed E-state index contributed by atoms with van der Waals surface area (Å²) in [6.45, 7) is -0.128. The summed E-state index contributed by atoms with van der Waals surface area (Å²) in [5.41, 5.74) is 6.12. The molecule has 3 N–H and O–H groups in total. The first kappa shape index (κ1) is 25.3. The third-order valence-corrected chi connectivity index (χ3v) is 6.52. The Balaban J connectivity index is 1.47. The molecule has 5 aromatic rings. The highest BCUT2D eigenvalue weighted by molar-refractivity contribution is 6.39. The Morgan fingerprint density at radius 2 is 1.50 bits per heavy atom. The first-order chi connectivity index (χ1) is 18.5. The smallest absolute Gasteiger partial charge is 0.279 e. The topological polar surface area (TPSA) is 88.1 Å². The molecular formula is C29H23Cl2N5O2. The van der Waals surface area contributed by atoms with E-state index in [4.69, 9.17) is 28.2 Å². The Bertz CT molecular complexity index is 1650. The van der Waals surface area contributed by atoms with Gasteiger partial charge >= 0.3 is 0 Å². The maximum atomic E-state index is 13.5.